The van der Waals surface area contributed by atoms with Crippen molar-refractivity contribution in [3.63, 3.8) is 0 Å². The third-order valence-corrected chi connectivity index (χ3v) is 4.07. The van der Waals surface area contributed by atoms with Gasteiger partial charge in [-0.25, -0.2) is 4.98 Å². The minimum absolute atomic E-state index is 0.422. The Morgan fingerprint density at radius 2 is 2.24 bits per heavy atom. The van der Waals surface area contributed by atoms with E-state index in [1.165, 1.54) is 0 Å². The molecule has 0 aromatic carbocycles. The number of aromatic nitrogens is 1. The minimum Gasteiger partial charge on any atom is -0.316 e. The molecule has 1 atom stereocenters. The Morgan fingerprint density at radius 1 is 1.47 bits per heavy atom. The summed E-state index contributed by atoms with van der Waals surface area (Å²) in [5, 5.41) is 2.55. The molecule has 0 saturated carbocycles. The van der Waals surface area contributed by atoms with Crippen LogP contribution in [0.15, 0.2) is 0 Å². The molecule has 1 N–H and O–H groups in total. The summed E-state index contributed by atoms with van der Waals surface area (Å²) < 4.78 is 37.5. The summed E-state index contributed by atoms with van der Waals surface area (Å²) in [5.41, 5.74) is 0.621. The predicted octanol–water partition coefficient (Wildman–Crippen LogP) is 3.01. The number of piperidine rings is 1. The molecule has 0 bridgehead atoms. The van der Waals surface area contributed by atoms with Crippen LogP contribution in [0.2, 0.25) is 0 Å². The molecule has 17 heavy (non-hydrogen) atoms. The summed E-state index contributed by atoms with van der Waals surface area (Å²) in [6, 6.07) is 0. The van der Waals surface area contributed by atoms with Crippen LogP contribution >= 0.6 is 11.3 Å². The molecule has 0 spiro atoms. The quantitative estimate of drug-likeness (QED) is 0.888. The van der Waals surface area contributed by atoms with Gasteiger partial charge in [0.1, 0.15) is 0 Å². The van der Waals surface area contributed by atoms with Gasteiger partial charge in [0, 0.05) is 4.88 Å². The molecule has 1 aromatic rings. The van der Waals surface area contributed by atoms with Crippen molar-refractivity contribution in [1.29, 1.82) is 0 Å². The molecule has 1 unspecified atom stereocenters. The fraction of sp³-hybridized carbons (Fsp3) is 0.727. The van der Waals surface area contributed by atoms with Gasteiger partial charge < -0.3 is 5.32 Å². The van der Waals surface area contributed by atoms with Gasteiger partial charge in [-0.1, -0.05) is 0 Å². The first-order valence-corrected chi connectivity index (χ1v) is 6.52. The number of halogens is 3. The number of nitrogens with one attached hydrogen (secondary N) is 1. The van der Waals surface area contributed by atoms with Crippen molar-refractivity contribution in [2.75, 3.05) is 13.1 Å². The molecule has 0 amide bonds. The van der Waals surface area contributed by atoms with Crippen molar-refractivity contribution >= 4 is 11.3 Å². The highest BCUT2D eigenvalue weighted by Crippen LogP contribution is 2.34. The molecule has 2 heterocycles. The molecule has 1 aromatic heterocycles. The van der Waals surface area contributed by atoms with Crippen LogP contribution in [0.3, 0.4) is 0 Å². The Bertz CT molecular complexity index is 381. The summed E-state index contributed by atoms with van der Waals surface area (Å²) >= 11 is 0.753. The van der Waals surface area contributed by atoms with E-state index in [2.05, 4.69) is 10.3 Å². The Morgan fingerprint density at radius 3 is 2.76 bits per heavy atom. The second-order valence-electron chi connectivity index (χ2n) is 4.44. The third kappa shape index (κ3) is 3.19. The molecule has 2 rings (SSSR count). The second kappa shape index (κ2) is 4.94. The zero-order chi connectivity index (χ0) is 12.5. The summed E-state index contributed by atoms with van der Waals surface area (Å²) in [7, 11) is 0. The van der Waals surface area contributed by atoms with E-state index >= 15 is 0 Å². The Hall–Kier alpha value is -0.620. The SMILES string of the molecule is Cc1sc(C(F)(F)F)nc1CC1CCCNC1. The number of thiazole rings is 1. The monoisotopic (exact) mass is 264 g/mol. The van der Waals surface area contributed by atoms with E-state index in [1.807, 2.05) is 0 Å². The number of hydrogen-bond donors (Lipinski definition) is 1. The van der Waals surface area contributed by atoms with E-state index in [-0.39, 0.29) is 0 Å². The largest absolute Gasteiger partial charge is 0.443 e. The highest BCUT2D eigenvalue weighted by Gasteiger charge is 2.35. The highest BCUT2D eigenvalue weighted by molar-refractivity contribution is 7.11. The van der Waals surface area contributed by atoms with E-state index in [1.54, 1.807) is 6.92 Å². The fourth-order valence-electron chi connectivity index (χ4n) is 2.11. The number of aryl methyl sites for hydroxylation is 1. The van der Waals surface area contributed by atoms with Gasteiger partial charge in [0.05, 0.1) is 5.69 Å². The molecule has 1 aliphatic rings. The van der Waals surface area contributed by atoms with Gasteiger partial charge in [-0.15, -0.1) is 11.3 Å². The van der Waals surface area contributed by atoms with E-state index in [0.29, 0.717) is 22.9 Å². The molecule has 1 fully saturated rings. The zero-order valence-corrected chi connectivity index (χ0v) is 10.4. The van der Waals surface area contributed by atoms with Crippen molar-refractivity contribution in [2.45, 2.75) is 32.4 Å². The lowest BCUT2D eigenvalue weighted by Crippen LogP contribution is -2.31. The number of alkyl halides is 3. The lowest BCUT2D eigenvalue weighted by Gasteiger charge is -2.22. The van der Waals surface area contributed by atoms with Gasteiger partial charge in [0.2, 0.25) is 0 Å². The predicted molar refractivity (Wildman–Crippen MR) is 61.2 cm³/mol. The van der Waals surface area contributed by atoms with Crippen LogP contribution in [0.1, 0.15) is 28.4 Å². The van der Waals surface area contributed by atoms with Crippen LogP contribution in [-0.4, -0.2) is 18.1 Å². The van der Waals surface area contributed by atoms with Crippen molar-refractivity contribution in [3.8, 4) is 0 Å². The van der Waals surface area contributed by atoms with Gasteiger partial charge in [0.15, 0.2) is 5.01 Å². The standard InChI is InChI=1S/C11H15F3N2S/c1-7-9(5-8-3-2-4-15-6-8)16-10(17-7)11(12,13)14/h8,15H,2-6H2,1H3. The number of hydrogen-bond acceptors (Lipinski definition) is 3. The maximum absolute atomic E-state index is 12.5. The fourth-order valence-corrected chi connectivity index (χ4v) is 2.92. The van der Waals surface area contributed by atoms with Crippen molar-refractivity contribution in [1.82, 2.24) is 10.3 Å². The van der Waals surface area contributed by atoms with Crippen LogP contribution in [-0.2, 0) is 12.6 Å². The van der Waals surface area contributed by atoms with Gasteiger partial charge in [-0.2, -0.15) is 13.2 Å². The summed E-state index contributed by atoms with van der Waals surface area (Å²) in [6.07, 6.45) is -1.48. The molecular weight excluding hydrogens is 249 g/mol. The average molecular weight is 264 g/mol. The lowest BCUT2D eigenvalue weighted by atomic mass is 9.94. The van der Waals surface area contributed by atoms with Crippen LogP contribution in [0, 0.1) is 12.8 Å². The molecule has 0 radical (unpaired) electrons. The topological polar surface area (TPSA) is 24.9 Å². The van der Waals surface area contributed by atoms with Crippen LogP contribution in [0.4, 0.5) is 13.2 Å². The first-order chi connectivity index (χ1) is 7.97. The van der Waals surface area contributed by atoms with E-state index < -0.39 is 11.2 Å². The van der Waals surface area contributed by atoms with Gasteiger partial charge in [-0.3, -0.25) is 0 Å². The summed E-state index contributed by atoms with van der Waals surface area (Å²) in [5.74, 6) is 0.422. The van der Waals surface area contributed by atoms with E-state index in [9.17, 15) is 13.2 Å². The third-order valence-electron chi connectivity index (χ3n) is 3.02. The highest BCUT2D eigenvalue weighted by atomic mass is 32.1. The maximum Gasteiger partial charge on any atom is 0.443 e. The molecule has 6 heteroatoms. The Labute approximate surface area is 102 Å². The summed E-state index contributed by atoms with van der Waals surface area (Å²) in [6.45, 7) is 3.62. The smallest absolute Gasteiger partial charge is 0.316 e. The van der Waals surface area contributed by atoms with Crippen molar-refractivity contribution in [3.05, 3.63) is 15.6 Å². The summed E-state index contributed by atoms with van der Waals surface area (Å²) in [4.78, 5) is 4.44. The van der Waals surface area contributed by atoms with Crippen LogP contribution < -0.4 is 5.32 Å². The minimum atomic E-state index is -4.31. The second-order valence-corrected chi connectivity index (χ2v) is 5.64. The maximum atomic E-state index is 12.5. The van der Waals surface area contributed by atoms with E-state index in [0.717, 1.165) is 37.3 Å². The van der Waals surface area contributed by atoms with Gasteiger partial charge >= 0.3 is 6.18 Å². The van der Waals surface area contributed by atoms with Gasteiger partial charge in [-0.05, 0) is 45.2 Å². The molecule has 0 aliphatic carbocycles. The Balaban J connectivity index is 2.07. The van der Waals surface area contributed by atoms with Crippen molar-refractivity contribution in [2.24, 2.45) is 5.92 Å². The van der Waals surface area contributed by atoms with Crippen LogP contribution in [0.5, 0.6) is 0 Å². The van der Waals surface area contributed by atoms with Crippen molar-refractivity contribution < 1.29 is 13.2 Å². The van der Waals surface area contributed by atoms with Crippen LogP contribution in [0.25, 0.3) is 0 Å². The molecule has 96 valence electrons. The van der Waals surface area contributed by atoms with Gasteiger partial charge in [0.25, 0.3) is 0 Å². The Kier molecular flexibility index (Phi) is 3.73. The molecule has 1 saturated heterocycles. The molecule has 2 nitrogen and oxygen atoms in total. The number of rotatable bonds is 2. The molecule has 1 aliphatic heterocycles. The van der Waals surface area contributed by atoms with E-state index in [4.69, 9.17) is 0 Å². The molecular formula is C11H15F3N2S. The first kappa shape index (κ1) is 12.8. The lowest BCUT2D eigenvalue weighted by molar-refractivity contribution is -0.137. The first-order valence-electron chi connectivity index (χ1n) is 5.71. The average Bonchev–Trinajstić information content (AvgIpc) is 2.62. The number of nitrogens with zero attached hydrogens (tertiary/aromatic N) is 1. The normalized spacial score (nSPS) is 21.8. The zero-order valence-electron chi connectivity index (χ0n) is 9.60.